The molecule has 1 aromatic carbocycles. The van der Waals surface area contributed by atoms with Crippen LogP contribution in [0.1, 0.15) is 15.9 Å². The molecular formula is C15H13N3O5. The van der Waals surface area contributed by atoms with Crippen LogP contribution in [0.3, 0.4) is 0 Å². The lowest BCUT2D eigenvalue weighted by atomic mass is 10.1. The zero-order chi connectivity index (χ0) is 16.8. The number of carbonyl (C=O) groups is 1. The Bertz CT molecular complexity index is 748. The number of nitrogens with zero attached hydrogens (tertiary/aromatic N) is 3. The van der Waals surface area contributed by atoms with Gasteiger partial charge in [0.15, 0.2) is 0 Å². The molecule has 8 heteroatoms. The zero-order valence-corrected chi connectivity index (χ0v) is 12.7. The number of benzene rings is 1. The van der Waals surface area contributed by atoms with Crippen LogP contribution in [0.5, 0.6) is 23.5 Å². The number of carbonyl (C=O) groups excluding carboxylic acids is 1. The molecule has 8 nitrogen and oxygen atoms in total. The van der Waals surface area contributed by atoms with Crippen molar-refractivity contribution in [3.63, 3.8) is 0 Å². The zero-order valence-electron chi connectivity index (χ0n) is 12.7. The van der Waals surface area contributed by atoms with Crippen LogP contribution in [0, 0.1) is 11.3 Å². The molecule has 0 N–H and O–H groups in total. The van der Waals surface area contributed by atoms with Crippen LogP contribution < -0.4 is 14.2 Å². The van der Waals surface area contributed by atoms with E-state index in [2.05, 4.69) is 14.7 Å². The molecule has 0 aliphatic rings. The molecule has 0 aliphatic heterocycles. The van der Waals surface area contributed by atoms with E-state index in [1.54, 1.807) is 0 Å². The lowest BCUT2D eigenvalue weighted by molar-refractivity contribution is 0.0597. The molecule has 0 atom stereocenters. The number of hydrogen-bond acceptors (Lipinski definition) is 8. The third kappa shape index (κ3) is 3.65. The summed E-state index contributed by atoms with van der Waals surface area (Å²) in [6.07, 6.45) is 0. The van der Waals surface area contributed by atoms with Gasteiger partial charge in [-0.3, -0.25) is 0 Å². The number of rotatable bonds is 5. The Morgan fingerprint density at radius 3 is 2.26 bits per heavy atom. The molecule has 1 heterocycles. The molecule has 0 radical (unpaired) electrons. The van der Waals surface area contributed by atoms with E-state index in [1.807, 2.05) is 6.07 Å². The molecule has 0 spiro atoms. The summed E-state index contributed by atoms with van der Waals surface area (Å²) in [5, 5.41) is 8.93. The first-order chi connectivity index (χ1) is 11.1. The standard InChI is InChI=1S/C15H13N3O5/c1-20-12-7-13(21-2)18-15(17-12)23-11-5-4-9(8-16)6-10(11)14(19)22-3/h4-7H,1-3H3. The van der Waals surface area contributed by atoms with Crippen LogP contribution >= 0.6 is 0 Å². The van der Waals surface area contributed by atoms with Crippen molar-refractivity contribution in [1.82, 2.24) is 9.97 Å². The minimum Gasteiger partial charge on any atom is -0.481 e. The third-order valence-electron chi connectivity index (χ3n) is 2.79. The summed E-state index contributed by atoms with van der Waals surface area (Å²) in [6, 6.07) is 7.66. The number of hydrogen-bond donors (Lipinski definition) is 0. The minimum atomic E-state index is -0.646. The molecule has 0 unspecified atom stereocenters. The van der Waals surface area contributed by atoms with E-state index in [-0.39, 0.29) is 29.1 Å². The van der Waals surface area contributed by atoms with Gasteiger partial charge >= 0.3 is 12.0 Å². The first-order valence-corrected chi connectivity index (χ1v) is 6.38. The summed E-state index contributed by atoms with van der Waals surface area (Å²) in [7, 11) is 4.11. The second-order valence-corrected chi connectivity index (χ2v) is 4.15. The topological polar surface area (TPSA) is 104 Å². The summed E-state index contributed by atoms with van der Waals surface area (Å²) in [5.74, 6) is -0.0293. The van der Waals surface area contributed by atoms with Gasteiger partial charge in [-0.25, -0.2) is 4.79 Å². The van der Waals surface area contributed by atoms with Crippen molar-refractivity contribution in [2.24, 2.45) is 0 Å². The molecule has 0 fully saturated rings. The fourth-order valence-corrected chi connectivity index (χ4v) is 1.69. The molecule has 0 saturated heterocycles. The maximum absolute atomic E-state index is 11.8. The molecule has 0 bridgehead atoms. The predicted molar refractivity (Wildman–Crippen MR) is 77.7 cm³/mol. The highest BCUT2D eigenvalue weighted by molar-refractivity contribution is 5.93. The maximum atomic E-state index is 11.8. The van der Waals surface area contributed by atoms with Gasteiger partial charge in [0, 0.05) is 0 Å². The van der Waals surface area contributed by atoms with E-state index < -0.39 is 5.97 Å². The Hall–Kier alpha value is -3.34. The minimum absolute atomic E-state index is 0.0731. The predicted octanol–water partition coefficient (Wildman–Crippen LogP) is 1.94. The maximum Gasteiger partial charge on any atom is 0.341 e. The number of aromatic nitrogens is 2. The van der Waals surface area contributed by atoms with E-state index in [1.165, 1.54) is 45.6 Å². The number of ether oxygens (including phenoxy) is 4. The van der Waals surface area contributed by atoms with Crippen molar-refractivity contribution >= 4 is 5.97 Å². The van der Waals surface area contributed by atoms with Gasteiger partial charge in [0.05, 0.1) is 39.0 Å². The third-order valence-corrected chi connectivity index (χ3v) is 2.79. The van der Waals surface area contributed by atoms with Gasteiger partial charge in [-0.1, -0.05) is 0 Å². The van der Waals surface area contributed by atoms with Gasteiger partial charge in [-0.05, 0) is 18.2 Å². The SMILES string of the molecule is COC(=O)c1cc(C#N)ccc1Oc1nc(OC)cc(OC)n1. The summed E-state index contributed by atoms with van der Waals surface area (Å²) < 4.78 is 20.3. The first-order valence-electron chi connectivity index (χ1n) is 6.38. The summed E-state index contributed by atoms with van der Waals surface area (Å²) >= 11 is 0. The van der Waals surface area contributed by atoms with Gasteiger partial charge in [0.1, 0.15) is 11.3 Å². The summed E-state index contributed by atoms with van der Waals surface area (Å²) in [5.41, 5.74) is 0.374. The monoisotopic (exact) mass is 315 g/mol. The highest BCUT2D eigenvalue weighted by atomic mass is 16.5. The molecule has 0 saturated carbocycles. The molecule has 0 aliphatic carbocycles. The second kappa shape index (κ2) is 7.09. The van der Waals surface area contributed by atoms with E-state index >= 15 is 0 Å². The van der Waals surface area contributed by atoms with Crippen molar-refractivity contribution in [2.45, 2.75) is 0 Å². The molecule has 2 aromatic rings. The van der Waals surface area contributed by atoms with Crippen LogP contribution in [0.15, 0.2) is 24.3 Å². The Morgan fingerprint density at radius 2 is 1.74 bits per heavy atom. The lowest BCUT2D eigenvalue weighted by Crippen LogP contribution is -2.05. The Balaban J connectivity index is 2.44. The van der Waals surface area contributed by atoms with Crippen molar-refractivity contribution in [3.8, 4) is 29.6 Å². The Morgan fingerprint density at radius 1 is 1.09 bits per heavy atom. The fourth-order valence-electron chi connectivity index (χ4n) is 1.69. The average molecular weight is 315 g/mol. The van der Waals surface area contributed by atoms with Gasteiger partial charge in [-0.2, -0.15) is 15.2 Å². The van der Waals surface area contributed by atoms with E-state index in [0.29, 0.717) is 5.56 Å². The molecule has 118 valence electrons. The number of esters is 1. The molecule has 2 rings (SSSR count). The Labute approximate surface area is 132 Å². The number of methoxy groups -OCH3 is 3. The Kier molecular flexibility index (Phi) is 4.94. The van der Waals surface area contributed by atoms with E-state index in [9.17, 15) is 4.79 Å². The average Bonchev–Trinajstić information content (AvgIpc) is 2.60. The van der Waals surface area contributed by atoms with Crippen molar-refractivity contribution in [1.29, 1.82) is 5.26 Å². The molecule has 1 aromatic heterocycles. The first kappa shape index (κ1) is 16.0. The van der Waals surface area contributed by atoms with Gasteiger partial charge in [-0.15, -0.1) is 0 Å². The van der Waals surface area contributed by atoms with Crippen LogP contribution in [-0.4, -0.2) is 37.3 Å². The highest BCUT2D eigenvalue weighted by Gasteiger charge is 2.17. The van der Waals surface area contributed by atoms with E-state index in [0.717, 1.165) is 0 Å². The number of nitriles is 1. The van der Waals surface area contributed by atoms with Crippen LogP contribution in [-0.2, 0) is 4.74 Å². The summed E-state index contributed by atoms with van der Waals surface area (Å²) in [4.78, 5) is 19.9. The fraction of sp³-hybridized carbons (Fsp3) is 0.200. The smallest absolute Gasteiger partial charge is 0.341 e. The van der Waals surface area contributed by atoms with E-state index in [4.69, 9.17) is 19.5 Å². The largest absolute Gasteiger partial charge is 0.481 e. The van der Waals surface area contributed by atoms with Crippen molar-refractivity contribution in [2.75, 3.05) is 21.3 Å². The van der Waals surface area contributed by atoms with Crippen LogP contribution in [0.25, 0.3) is 0 Å². The van der Waals surface area contributed by atoms with Gasteiger partial charge in [0.2, 0.25) is 11.8 Å². The highest BCUT2D eigenvalue weighted by Crippen LogP contribution is 2.27. The van der Waals surface area contributed by atoms with Gasteiger partial charge < -0.3 is 18.9 Å². The quantitative estimate of drug-likeness (QED) is 0.771. The second-order valence-electron chi connectivity index (χ2n) is 4.15. The van der Waals surface area contributed by atoms with Crippen molar-refractivity contribution < 1.29 is 23.7 Å². The summed E-state index contributed by atoms with van der Waals surface area (Å²) in [6.45, 7) is 0. The van der Waals surface area contributed by atoms with Crippen LogP contribution in [0.4, 0.5) is 0 Å². The van der Waals surface area contributed by atoms with Gasteiger partial charge in [0.25, 0.3) is 0 Å². The molecular weight excluding hydrogens is 302 g/mol. The molecule has 23 heavy (non-hydrogen) atoms. The lowest BCUT2D eigenvalue weighted by Gasteiger charge is -2.10. The normalized spacial score (nSPS) is 9.65. The van der Waals surface area contributed by atoms with Crippen LogP contribution in [0.2, 0.25) is 0 Å². The van der Waals surface area contributed by atoms with Crippen molar-refractivity contribution in [3.05, 3.63) is 35.4 Å². The molecule has 0 amide bonds.